The molecule has 2 amide bonds. The topological polar surface area (TPSA) is 75.5 Å². The van der Waals surface area contributed by atoms with Gasteiger partial charge in [-0.15, -0.1) is 0 Å². The highest BCUT2D eigenvalue weighted by atomic mass is 16.2. The summed E-state index contributed by atoms with van der Waals surface area (Å²) in [4.78, 5) is 42.8. The molecule has 1 aromatic heterocycles. The molecule has 0 radical (unpaired) electrons. The molecular formula is C27H40N4O3. The maximum Gasteiger partial charge on any atom is 0.226 e. The molecule has 7 nitrogen and oxygen atoms in total. The van der Waals surface area contributed by atoms with E-state index in [1.807, 2.05) is 4.90 Å². The van der Waals surface area contributed by atoms with E-state index in [0.717, 1.165) is 94.4 Å². The molecule has 0 unspecified atom stereocenters. The van der Waals surface area contributed by atoms with Crippen LogP contribution in [-0.2, 0) is 16.0 Å². The number of amides is 2. The number of fused-ring (bicyclic) bond motifs is 1. The van der Waals surface area contributed by atoms with E-state index >= 15 is 0 Å². The minimum absolute atomic E-state index is 0.0769. The zero-order valence-corrected chi connectivity index (χ0v) is 21.1. The quantitative estimate of drug-likeness (QED) is 0.656. The van der Waals surface area contributed by atoms with Crippen LogP contribution in [-0.4, -0.2) is 56.8 Å². The van der Waals surface area contributed by atoms with Gasteiger partial charge in [0.2, 0.25) is 11.8 Å². The van der Waals surface area contributed by atoms with Gasteiger partial charge in [0.1, 0.15) is 0 Å². The van der Waals surface area contributed by atoms with Gasteiger partial charge in [-0.25, -0.2) is 0 Å². The second kappa shape index (κ2) is 9.12. The molecule has 1 atom stereocenters. The second-order valence-corrected chi connectivity index (χ2v) is 11.9. The summed E-state index contributed by atoms with van der Waals surface area (Å²) in [5.74, 6) is 0.730. The monoisotopic (exact) mass is 468 g/mol. The van der Waals surface area contributed by atoms with Crippen molar-refractivity contribution in [3.05, 3.63) is 17.0 Å². The molecule has 1 saturated carbocycles. The summed E-state index contributed by atoms with van der Waals surface area (Å²) >= 11 is 0. The maximum atomic E-state index is 13.5. The van der Waals surface area contributed by atoms with Gasteiger partial charge < -0.3 is 9.80 Å². The molecule has 34 heavy (non-hydrogen) atoms. The van der Waals surface area contributed by atoms with E-state index in [-0.39, 0.29) is 41.0 Å². The fourth-order valence-electron chi connectivity index (χ4n) is 6.86. The van der Waals surface area contributed by atoms with Crippen molar-refractivity contribution in [1.82, 2.24) is 19.6 Å². The first-order valence-corrected chi connectivity index (χ1v) is 13.5. The fraction of sp³-hybridized carbons (Fsp3) is 0.778. The van der Waals surface area contributed by atoms with Crippen molar-refractivity contribution >= 4 is 17.6 Å². The van der Waals surface area contributed by atoms with Gasteiger partial charge in [-0.2, -0.15) is 5.10 Å². The van der Waals surface area contributed by atoms with E-state index in [1.54, 1.807) is 6.92 Å². The van der Waals surface area contributed by atoms with Crippen molar-refractivity contribution in [2.45, 2.75) is 103 Å². The molecule has 2 aliphatic carbocycles. The third-order valence-corrected chi connectivity index (χ3v) is 8.66. The molecule has 3 fully saturated rings. The molecule has 1 aromatic rings. The van der Waals surface area contributed by atoms with E-state index in [2.05, 4.69) is 23.4 Å². The fourth-order valence-corrected chi connectivity index (χ4v) is 6.86. The van der Waals surface area contributed by atoms with Crippen molar-refractivity contribution in [1.29, 1.82) is 0 Å². The smallest absolute Gasteiger partial charge is 0.226 e. The Morgan fingerprint density at radius 3 is 2.29 bits per heavy atom. The highest BCUT2D eigenvalue weighted by molar-refractivity contribution is 6.00. The molecule has 0 spiro atoms. The molecule has 4 aliphatic rings. The van der Waals surface area contributed by atoms with Crippen LogP contribution in [0.5, 0.6) is 0 Å². The van der Waals surface area contributed by atoms with Crippen LogP contribution in [0.15, 0.2) is 0 Å². The Kier molecular flexibility index (Phi) is 6.32. The first-order chi connectivity index (χ1) is 16.2. The molecule has 0 bridgehead atoms. The van der Waals surface area contributed by atoms with E-state index in [9.17, 15) is 14.4 Å². The van der Waals surface area contributed by atoms with Crippen LogP contribution in [0.4, 0.5) is 0 Å². The van der Waals surface area contributed by atoms with Gasteiger partial charge in [-0.1, -0.05) is 33.1 Å². The third-order valence-electron chi connectivity index (χ3n) is 8.66. The van der Waals surface area contributed by atoms with Crippen LogP contribution in [0.3, 0.4) is 0 Å². The number of carbonyl (C=O) groups excluding carboxylic acids is 3. The molecule has 7 heteroatoms. The van der Waals surface area contributed by atoms with Crippen LogP contribution in [0.25, 0.3) is 0 Å². The zero-order valence-electron chi connectivity index (χ0n) is 21.1. The number of nitrogens with zero attached hydrogens (tertiary/aromatic N) is 4. The highest BCUT2D eigenvalue weighted by Gasteiger charge is 2.43. The summed E-state index contributed by atoms with van der Waals surface area (Å²) in [5, 5.41) is 5.16. The number of rotatable bonds is 3. The molecular weight excluding hydrogens is 428 g/mol. The number of hydrogen-bond acceptors (Lipinski definition) is 4. The minimum Gasteiger partial charge on any atom is -0.343 e. The van der Waals surface area contributed by atoms with Gasteiger partial charge in [0, 0.05) is 38.9 Å². The molecule has 0 aromatic carbocycles. The predicted molar refractivity (Wildman–Crippen MR) is 129 cm³/mol. The van der Waals surface area contributed by atoms with Gasteiger partial charge in [-0.05, 0) is 50.4 Å². The lowest BCUT2D eigenvalue weighted by atomic mass is 9.75. The van der Waals surface area contributed by atoms with Gasteiger partial charge >= 0.3 is 0 Å². The average molecular weight is 469 g/mol. The van der Waals surface area contributed by atoms with Crippen LogP contribution in [0.2, 0.25) is 0 Å². The summed E-state index contributed by atoms with van der Waals surface area (Å²) in [6.45, 7) is 8.20. The van der Waals surface area contributed by atoms with E-state index in [1.165, 1.54) is 6.42 Å². The molecule has 2 saturated heterocycles. The zero-order chi connectivity index (χ0) is 24.0. The molecule has 186 valence electrons. The Morgan fingerprint density at radius 2 is 1.62 bits per heavy atom. The van der Waals surface area contributed by atoms with Crippen LogP contribution >= 0.6 is 0 Å². The van der Waals surface area contributed by atoms with Gasteiger partial charge in [-0.3, -0.25) is 19.1 Å². The Labute approximate surface area is 203 Å². The first kappa shape index (κ1) is 23.6. The van der Waals surface area contributed by atoms with Gasteiger partial charge in [0.25, 0.3) is 0 Å². The summed E-state index contributed by atoms with van der Waals surface area (Å²) in [6.07, 6.45) is 10.5. The Hall–Kier alpha value is -2.18. The summed E-state index contributed by atoms with van der Waals surface area (Å²) < 4.78 is 2.14. The second-order valence-electron chi connectivity index (χ2n) is 11.9. The number of carbonyl (C=O) groups is 3. The highest BCUT2D eigenvalue weighted by Crippen LogP contribution is 2.43. The Morgan fingerprint density at radius 1 is 0.912 bits per heavy atom. The number of likely N-dealkylation sites (tertiary alicyclic amines) is 2. The largest absolute Gasteiger partial charge is 0.343 e. The van der Waals surface area contributed by atoms with E-state index in [4.69, 9.17) is 5.10 Å². The van der Waals surface area contributed by atoms with Crippen LogP contribution in [0.1, 0.15) is 119 Å². The van der Waals surface area contributed by atoms with Crippen LogP contribution < -0.4 is 0 Å². The van der Waals surface area contributed by atoms with Crippen molar-refractivity contribution in [2.24, 2.45) is 11.3 Å². The summed E-state index contributed by atoms with van der Waals surface area (Å²) in [5.41, 5.74) is 2.63. The van der Waals surface area contributed by atoms with Crippen molar-refractivity contribution in [3.63, 3.8) is 0 Å². The van der Waals surface area contributed by atoms with Gasteiger partial charge in [0.15, 0.2) is 5.78 Å². The lowest BCUT2D eigenvalue weighted by Crippen LogP contribution is -2.38. The standard InChI is InChI=1S/C27H40N4O3/c1-18(32)29-14-11-20(12-15-29)31-22-16-27(2,3)17-23(33)24(22)25(28-31)21-10-7-13-30(21)26(34)19-8-5-4-6-9-19/h19-21H,4-17H2,1-3H3/t21-/m1/s1. The third kappa shape index (κ3) is 4.31. The number of Topliss-reactive ketones (excluding diaryl/α,β-unsaturated/α-hetero) is 1. The maximum absolute atomic E-state index is 13.5. The predicted octanol–water partition coefficient (Wildman–Crippen LogP) is 4.47. The minimum atomic E-state index is -0.0908. The Bertz CT molecular complexity index is 967. The van der Waals surface area contributed by atoms with Gasteiger partial charge in [0.05, 0.1) is 29.0 Å². The molecule has 0 N–H and O–H groups in total. The van der Waals surface area contributed by atoms with Crippen molar-refractivity contribution in [3.8, 4) is 0 Å². The SMILES string of the molecule is CC(=O)N1CCC(n2nc([C@H]3CCCN3C(=O)C3CCCCC3)c3c2CC(C)(C)CC3=O)CC1. The number of ketones is 1. The van der Waals surface area contributed by atoms with E-state index in [0.29, 0.717) is 6.42 Å². The Balaban J connectivity index is 1.48. The normalized spacial score (nSPS) is 26.1. The van der Waals surface area contributed by atoms with Crippen molar-refractivity contribution < 1.29 is 14.4 Å². The number of hydrogen-bond donors (Lipinski definition) is 0. The molecule has 2 aliphatic heterocycles. The summed E-state index contributed by atoms with van der Waals surface area (Å²) in [7, 11) is 0. The molecule has 5 rings (SSSR count). The van der Waals surface area contributed by atoms with Crippen molar-refractivity contribution in [2.75, 3.05) is 19.6 Å². The van der Waals surface area contributed by atoms with E-state index < -0.39 is 0 Å². The molecule has 3 heterocycles. The lowest BCUT2D eigenvalue weighted by molar-refractivity contribution is -0.137. The number of aromatic nitrogens is 2. The lowest BCUT2D eigenvalue weighted by Gasteiger charge is -2.34. The number of piperidine rings is 1. The first-order valence-electron chi connectivity index (χ1n) is 13.5. The van der Waals surface area contributed by atoms with Crippen LogP contribution in [0, 0.1) is 11.3 Å². The summed E-state index contributed by atoms with van der Waals surface area (Å²) in [6, 6.07) is 0.121. The average Bonchev–Trinajstić information content (AvgIpc) is 3.43.